The summed E-state index contributed by atoms with van der Waals surface area (Å²) >= 11 is 6.14. The lowest BCUT2D eigenvalue weighted by Crippen LogP contribution is -2.01. The van der Waals surface area contributed by atoms with Crippen molar-refractivity contribution in [3.05, 3.63) is 0 Å². The van der Waals surface area contributed by atoms with Gasteiger partial charge in [-0.05, 0) is 18.6 Å². The molecule has 0 unspecified atom stereocenters. The van der Waals surface area contributed by atoms with Crippen LogP contribution in [-0.4, -0.2) is 21.1 Å². The first-order valence-electron chi connectivity index (χ1n) is 6.18. The number of unbranched alkanes of at least 4 members (excludes halogenated alkanes) is 4. The van der Waals surface area contributed by atoms with E-state index >= 15 is 0 Å². The van der Waals surface area contributed by atoms with E-state index in [1.807, 2.05) is 0 Å². The van der Waals surface area contributed by atoms with Crippen LogP contribution in [0.15, 0.2) is 0 Å². The highest BCUT2D eigenvalue weighted by atomic mass is 32.2. The molecule has 0 aromatic rings. The van der Waals surface area contributed by atoms with Crippen LogP contribution < -0.4 is 5.73 Å². The van der Waals surface area contributed by atoms with Gasteiger partial charge in [-0.2, -0.15) is 0 Å². The standard InChI is InChI=1S/C8H16O2.C4H9NS2/c1-2-3-4-5-6-7-8(9)10;1-2-3-7-4(5)6/h2-7H2,1H3,(H,9,10);2-3H2,1H3,(H2,5,6). The summed E-state index contributed by atoms with van der Waals surface area (Å²) in [5.41, 5.74) is 5.17. The van der Waals surface area contributed by atoms with Crippen LogP contribution in [0.3, 0.4) is 0 Å². The van der Waals surface area contributed by atoms with Gasteiger partial charge in [0.25, 0.3) is 0 Å². The molecular formula is C12H25NO2S2. The Balaban J connectivity index is 0. The molecular weight excluding hydrogens is 254 g/mol. The maximum Gasteiger partial charge on any atom is 0.303 e. The van der Waals surface area contributed by atoms with Crippen molar-refractivity contribution in [2.75, 3.05) is 5.75 Å². The highest BCUT2D eigenvalue weighted by Crippen LogP contribution is 2.04. The predicted octanol–water partition coefficient (Wildman–Crippen LogP) is 3.80. The molecule has 0 bridgehead atoms. The maximum atomic E-state index is 10.0. The van der Waals surface area contributed by atoms with Gasteiger partial charge in [0.1, 0.15) is 4.32 Å². The molecule has 0 amide bonds. The summed E-state index contributed by atoms with van der Waals surface area (Å²) in [6, 6.07) is 0. The van der Waals surface area contributed by atoms with Gasteiger partial charge in [-0.15, -0.1) is 0 Å². The Morgan fingerprint density at radius 3 is 2.12 bits per heavy atom. The Morgan fingerprint density at radius 1 is 1.18 bits per heavy atom. The van der Waals surface area contributed by atoms with Crippen molar-refractivity contribution in [3.63, 3.8) is 0 Å². The van der Waals surface area contributed by atoms with Crippen LogP contribution >= 0.6 is 24.0 Å². The Bertz CT molecular complexity index is 199. The second kappa shape index (κ2) is 15.7. The third-order valence-electron chi connectivity index (χ3n) is 1.94. The molecule has 102 valence electrons. The third kappa shape index (κ3) is 25.7. The smallest absolute Gasteiger partial charge is 0.303 e. The lowest BCUT2D eigenvalue weighted by atomic mass is 10.1. The minimum Gasteiger partial charge on any atom is -0.481 e. The minimum absolute atomic E-state index is 0.337. The second-order valence-corrected chi connectivity index (χ2v) is 5.56. The van der Waals surface area contributed by atoms with Gasteiger partial charge >= 0.3 is 5.97 Å². The lowest BCUT2D eigenvalue weighted by molar-refractivity contribution is -0.137. The number of thioether (sulfide) groups is 1. The lowest BCUT2D eigenvalue weighted by Gasteiger charge is -1.95. The van der Waals surface area contributed by atoms with Gasteiger partial charge in [0.05, 0.1) is 0 Å². The Kier molecular flexibility index (Phi) is 17.6. The van der Waals surface area contributed by atoms with E-state index in [1.54, 1.807) is 11.8 Å². The highest BCUT2D eigenvalue weighted by molar-refractivity contribution is 8.22. The molecule has 0 atom stereocenters. The van der Waals surface area contributed by atoms with E-state index < -0.39 is 5.97 Å². The van der Waals surface area contributed by atoms with Crippen molar-refractivity contribution in [2.45, 2.75) is 58.8 Å². The van der Waals surface area contributed by atoms with E-state index in [0.717, 1.165) is 25.0 Å². The third-order valence-corrected chi connectivity index (χ3v) is 3.19. The zero-order valence-electron chi connectivity index (χ0n) is 10.9. The topological polar surface area (TPSA) is 63.3 Å². The summed E-state index contributed by atoms with van der Waals surface area (Å²) in [7, 11) is 0. The number of aliphatic carboxylic acids is 1. The van der Waals surface area contributed by atoms with Crippen molar-refractivity contribution >= 4 is 34.3 Å². The SMILES string of the molecule is CCCCCCCC(=O)O.CCCSC(N)=S. The van der Waals surface area contributed by atoms with Crippen molar-refractivity contribution in [2.24, 2.45) is 5.73 Å². The molecule has 17 heavy (non-hydrogen) atoms. The molecule has 0 aliphatic carbocycles. The zero-order valence-corrected chi connectivity index (χ0v) is 12.5. The van der Waals surface area contributed by atoms with Crippen LogP contribution in [-0.2, 0) is 4.79 Å². The first kappa shape index (κ1) is 19.1. The molecule has 0 fully saturated rings. The van der Waals surface area contributed by atoms with Crippen LogP contribution in [0.4, 0.5) is 0 Å². The molecule has 0 aliphatic heterocycles. The van der Waals surface area contributed by atoms with E-state index in [1.165, 1.54) is 19.3 Å². The fraction of sp³-hybridized carbons (Fsp3) is 0.833. The van der Waals surface area contributed by atoms with Crippen molar-refractivity contribution in [1.82, 2.24) is 0 Å². The number of rotatable bonds is 8. The summed E-state index contributed by atoms with van der Waals surface area (Å²) in [6.07, 6.45) is 7.03. The molecule has 0 aromatic carbocycles. The van der Waals surface area contributed by atoms with Gasteiger partial charge < -0.3 is 10.8 Å². The number of thiocarbonyl (C=S) groups is 1. The number of hydrogen-bond donors (Lipinski definition) is 2. The molecule has 3 N–H and O–H groups in total. The van der Waals surface area contributed by atoms with Crippen LogP contribution in [0.5, 0.6) is 0 Å². The van der Waals surface area contributed by atoms with Gasteiger partial charge in [0.15, 0.2) is 0 Å². The van der Waals surface area contributed by atoms with Crippen LogP contribution in [0, 0.1) is 0 Å². The fourth-order valence-corrected chi connectivity index (χ4v) is 1.74. The van der Waals surface area contributed by atoms with Crippen molar-refractivity contribution in [3.8, 4) is 0 Å². The largest absolute Gasteiger partial charge is 0.481 e. The van der Waals surface area contributed by atoms with Crippen molar-refractivity contribution in [1.29, 1.82) is 0 Å². The van der Waals surface area contributed by atoms with Crippen LogP contribution in [0.1, 0.15) is 58.8 Å². The maximum absolute atomic E-state index is 10.0. The second-order valence-electron chi connectivity index (χ2n) is 3.73. The Labute approximate surface area is 115 Å². The van der Waals surface area contributed by atoms with Gasteiger partial charge in [0, 0.05) is 6.42 Å². The van der Waals surface area contributed by atoms with Crippen molar-refractivity contribution < 1.29 is 9.90 Å². The summed E-state index contributed by atoms with van der Waals surface area (Å²) < 4.78 is 0.557. The monoisotopic (exact) mass is 279 g/mol. The average Bonchev–Trinajstić information content (AvgIpc) is 2.26. The van der Waals surface area contributed by atoms with E-state index in [4.69, 9.17) is 10.8 Å². The van der Waals surface area contributed by atoms with Crippen LogP contribution in [0.2, 0.25) is 0 Å². The molecule has 0 heterocycles. The molecule has 0 aromatic heterocycles. The quantitative estimate of drug-likeness (QED) is 0.522. The summed E-state index contributed by atoms with van der Waals surface area (Å²) in [5.74, 6) is 0.381. The Hall–Kier alpha value is -0.290. The molecule has 0 saturated heterocycles. The molecule has 0 saturated carbocycles. The Morgan fingerprint density at radius 2 is 1.76 bits per heavy atom. The average molecular weight is 279 g/mol. The van der Waals surface area contributed by atoms with Gasteiger partial charge in [-0.1, -0.05) is 63.5 Å². The summed E-state index contributed by atoms with van der Waals surface area (Å²) in [4.78, 5) is 10.0. The summed E-state index contributed by atoms with van der Waals surface area (Å²) in [5, 5.41) is 8.27. The molecule has 0 spiro atoms. The molecule has 0 rings (SSSR count). The highest BCUT2D eigenvalue weighted by Gasteiger charge is 1.94. The van der Waals surface area contributed by atoms with E-state index in [9.17, 15) is 4.79 Å². The molecule has 0 radical (unpaired) electrons. The van der Waals surface area contributed by atoms with Gasteiger partial charge in [-0.25, -0.2) is 0 Å². The van der Waals surface area contributed by atoms with Crippen LogP contribution in [0.25, 0.3) is 0 Å². The predicted molar refractivity (Wildman–Crippen MR) is 80.5 cm³/mol. The number of carboxylic acids is 1. The van der Waals surface area contributed by atoms with E-state index in [0.29, 0.717) is 10.7 Å². The van der Waals surface area contributed by atoms with Gasteiger partial charge in [-0.3, -0.25) is 4.79 Å². The number of hydrogen-bond acceptors (Lipinski definition) is 3. The van der Waals surface area contributed by atoms with E-state index in [2.05, 4.69) is 26.1 Å². The number of carbonyl (C=O) groups is 1. The van der Waals surface area contributed by atoms with Gasteiger partial charge in [0.2, 0.25) is 0 Å². The molecule has 0 aliphatic rings. The molecule has 5 heteroatoms. The number of carboxylic acid groups (broad SMARTS) is 1. The minimum atomic E-state index is -0.670. The first-order chi connectivity index (χ1) is 8.04. The fourth-order valence-electron chi connectivity index (χ4n) is 1.08. The normalized spacial score (nSPS) is 9.29. The first-order valence-corrected chi connectivity index (χ1v) is 7.57. The summed E-state index contributed by atoms with van der Waals surface area (Å²) in [6.45, 7) is 4.25. The number of nitrogens with two attached hydrogens (primary N) is 1. The zero-order chi connectivity index (χ0) is 13.5. The molecule has 3 nitrogen and oxygen atoms in total. The van der Waals surface area contributed by atoms with E-state index in [-0.39, 0.29) is 0 Å².